The summed E-state index contributed by atoms with van der Waals surface area (Å²) >= 11 is 0. The summed E-state index contributed by atoms with van der Waals surface area (Å²) in [6.45, 7) is 2.50. The normalized spacial score (nSPS) is 10.2. The van der Waals surface area contributed by atoms with Gasteiger partial charge in [0.15, 0.2) is 0 Å². The largest absolute Gasteiger partial charge is 0.493 e. The Morgan fingerprint density at radius 1 is 1.43 bits per heavy atom. The number of hydrogen-bond donors (Lipinski definition) is 1. The third kappa shape index (κ3) is 3.00. The SMILES string of the molecule is CCCCOc1cc(F)ccc1CO. The summed E-state index contributed by atoms with van der Waals surface area (Å²) < 4.78 is 18.2. The first kappa shape index (κ1) is 11.0. The molecule has 0 aliphatic rings. The van der Waals surface area contributed by atoms with Crippen molar-refractivity contribution in [1.29, 1.82) is 0 Å². The van der Waals surface area contributed by atoms with Gasteiger partial charge in [0.05, 0.1) is 13.2 Å². The molecule has 0 spiro atoms. The van der Waals surface area contributed by atoms with Crippen LogP contribution in [0, 0.1) is 5.82 Å². The second kappa shape index (κ2) is 5.60. The Hall–Kier alpha value is -1.09. The van der Waals surface area contributed by atoms with E-state index in [2.05, 4.69) is 6.92 Å². The zero-order chi connectivity index (χ0) is 10.4. The number of benzene rings is 1. The predicted molar refractivity (Wildman–Crippen MR) is 52.7 cm³/mol. The maximum Gasteiger partial charge on any atom is 0.127 e. The van der Waals surface area contributed by atoms with Gasteiger partial charge in [-0.2, -0.15) is 0 Å². The highest BCUT2D eigenvalue weighted by Gasteiger charge is 2.03. The minimum absolute atomic E-state index is 0.123. The highest BCUT2D eigenvalue weighted by atomic mass is 19.1. The molecule has 0 amide bonds. The molecule has 0 radical (unpaired) electrons. The third-order valence-electron chi connectivity index (χ3n) is 1.96. The molecule has 0 aliphatic heterocycles. The number of hydrogen-bond acceptors (Lipinski definition) is 2. The molecule has 0 aliphatic carbocycles. The van der Waals surface area contributed by atoms with Crippen LogP contribution in [-0.2, 0) is 6.61 Å². The van der Waals surface area contributed by atoms with Crippen LogP contribution in [0.5, 0.6) is 5.75 Å². The molecule has 0 fully saturated rings. The van der Waals surface area contributed by atoms with Crippen LogP contribution in [0.25, 0.3) is 0 Å². The quantitative estimate of drug-likeness (QED) is 0.736. The van der Waals surface area contributed by atoms with Crippen LogP contribution in [0.3, 0.4) is 0 Å². The minimum atomic E-state index is -0.339. The lowest BCUT2D eigenvalue weighted by atomic mass is 10.2. The molecule has 0 heterocycles. The van der Waals surface area contributed by atoms with Crippen molar-refractivity contribution in [3.63, 3.8) is 0 Å². The molecule has 0 unspecified atom stereocenters. The van der Waals surface area contributed by atoms with Gasteiger partial charge in [0.2, 0.25) is 0 Å². The summed E-state index contributed by atoms with van der Waals surface area (Å²) in [4.78, 5) is 0. The van der Waals surface area contributed by atoms with Crippen LogP contribution in [0.4, 0.5) is 4.39 Å². The van der Waals surface area contributed by atoms with Crippen molar-refractivity contribution in [2.75, 3.05) is 6.61 Å². The van der Waals surface area contributed by atoms with Gasteiger partial charge in [0, 0.05) is 11.6 Å². The Morgan fingerprint density at radius 2 is 2.21 bits per heavy atom. The lowest BCUT2D eigenvalue weighted by Crippen LogP contribution is -2.00. The van der Waals surface area contributed by atoms with Crippen molar-refractivity contribution in [1.82, 2.24) is 0 Å². The zero-order valence-corrected chi connectivity index (χ0v) is 8.29. The van der Waals surface area contributed by atoms with Gasteiger partial charge in [0.1, 0.15) is 11.6 Å². The number of ether oxygens (including phenoxy) is 1. The van der Waals surface area contributed by atoms with Crippen LogP contribution >= 0.6 is 0 Å². The average Bonchev–Trinajstić information content (AvgIpc) is 2.19. The summed E-state index contributed by atoms with van der Waals surface area (Å²) in [6, 6.07) is 4.16. The Balaban J connectivity index is 2.67. The number of unbranched alkanes of at least 4 members (excludes halogenated alkanes) is 1. The van der Waals surface area contributed by atoms with E-state index in [-0.39, 0.29) is 12.4 Å². The molecular formula is C11H15FO2. The molecule has 0 aromatic heterocycles. The van der Waals surface area contributed by atoms with Gasteiger partial charge in [-0.15, -0.1) is 0 Å². The van der Waals surface area contributed by atoms with Crippen LogP contribution in [0.15, 0.2) is 18.2 Å². The average molecular weight is 198 g/mol. The molecular weight excluding hydrogens is 183 g/mol. The van der Waals surface area contributed by atoms with Crippen molar-refractivity contribution in [2.45, 2.75) is 26.4 Å². The molecule has 78 valence electrons. The first-order valence-electron chi connectivity index (χ1n) is 4.80. The summed E-state index contributed by atoms with van der Waals surface area (Å²) in [5.41, 5.74) is 0.627. The standard InChI is InChI=1S/C11H15FO2/c1-2-3-6-14-11-7-10(12)5-4-9(11)8-13/h4-5,7,13H,2-3,6,8H2,1H3. The maximum atomic E-state index is 12.8. The lowest BCUT2D eigenvalue weighted by Gasteiger charge is -2.09. The Morgan fingerprint density at radius 3 is 2.86 bits per heavy atom. The van der Waals surface area contributed by atoms with Gasteiger partial charge in [-0.3, -0.25) is 0 Å². The van der Waals surface area contributed by atoms with Gasteiger partial charge in [0.25, 0.3) is 0 Å². The zero-order valence-electron chi connectivity index (χ0n) is 8.29. The molecule has 0 atom stereocenters. The van der Waals surface area contributed by atoms with Crippen molar-refractivity contribution in [3.8, 4) is 5.75 Å². The van der Waals surface area contributed by atoms with E-state index in [9.17, 15) is 4.39 Å². The van der Waals surface area contributed by atoms with Crippen molar-refractivity contribution >= 4 is 0 Å². The number of rotatable bonds is 5. The minimum Gasteiger partial charge on any atom is -0.493 e. The summed E-state index contributed by atoms with van der Waals surface area (Å²) in [5, 5.41) is 8.96. The smallest absolute Gasteiger partial charge is 0.127 e. The van der Waals surface area contributed by atoms with E-state index in [1.807, 2.05) is 0 Å². The molecule has 0 bridgehead atoms. The molecule has 14 heavy (non-hydrogen) atoms. The van der Waals surface area contributed by atoms with E-state index >= 15 is 0 Å². The fourth-order valence-corrected chi connectivity index (χ4v) is 1.12. The maximum absolute atomic E-state index is 12.8. The van der Waals surface area contributed by atoms with Crippen LogP contribution < -0.4 is 4.74 Å². The van der Waals surface area contributed by atoms with Crippen molar-refractivity contribution < 1.29 is 14.2 Å². The molecule has 1 N–H and O–H groups in total. The fourth-order valence-electron chi connectivity index (χ4n) is 1.12. The molecule has 1 aromatic carbocycles. The van der Waals surface area contributed by atoms with E-state index in [0.29, 0.717) is 17.9 Å². The molecule has 0 saturated carbocycles. The van der Waals surface area contributed by atoms with Crippen molar-refractivity contribution in [2.24, 2.45) is 0 Å². The summed E-state index contributed by atoms with van der Waals surface area (Å²) in [6.07, 6.45) is 1.96. The third-order valence-corrected chi connectivity index (χ3v) is 1.96. The van der Waals surface area contributed by atoms with E-state index in [1.165, 1.54) is 18.2 Å². The lowest BCUT2D eigenvalue weighted by molar-refractivity contribution is 0.260. The number of aliphatic hydroxyl groups is 1. The second-order valence-corrected chi connectivity index (χ2v) is 3.11. The van der Waals surface area contributed by atoms with E-state index in [1.54, 1.807) is 0 Å². The summed E-state index contributed by atoms with van der Waals surface area (Å²) in [5.74, 6) is 0.106. The molecule has 0 saturated heterocycles. The first-order chi connectivity index (χ1) is 6.77. The highest BCUT2D eigenvalue weighted by molar-refractivity contribution is 5.33. The van der Waals surface area contributed by atoms with Gasteiger partial charge in [-0.05, 0) is 12.5 Å². The highest BCUT2D eigenvalue weighted by Crippen LogP contribution is 2.20. The van der Waals surface area contributed by atoms with E-state index < -0.39 is 0 Å². The Labute approximate surface area is 83.3 Å². The first-order valence-corrected chi connectivity index (χ1v) is 4.80. The van der Waals surface area contributed by atoms with Crippen LogP contribution in [-0.4, -0.2) is 11.7 Å². The molecule has 1 rings (SSSR count). The molecule has 1 aromatic rings. The van der Waals surface area contributed by atoms with E-state index in [0.717, 1.165) is 12.8 Å². The number of aliphatic hydroxyl groups excluding tert-OH is 1. The second-order valence-electron chi connectivity index (χ2n) is 3.11. The van der Waals surface area contributed by atoms with Crippen molar-refractivity contribution in [3.05, 3.63) is 29.6 Å². The van der Waals surface area contributed by atoms with Gasteiger partial charge < -0.3 is 9.84 Å². The van der Waals surface area contributed by atoms with Gasteiger partial charge in [-0.1, -0.05) is 19.4 Å². The Bertz CT molecular complexity index is 287. The van der Waals surface area contributed by atoms with Gasteiger partial charge in [-0.25, -0.2) is 4.39 Å². The monoisotopic (exact) mass is 198 g/mol. The summed E-state index contributed by atoms with van der Waals surface area (Å²) in [7, 11) is 0. The van der Waals surface area contributed by atoms with Gasteiger partial charge >= 0.3 is 0 Å². The van der Waals surface area contributed by atoms with Crippen LogP contribution in [0.2, 0.25) is 0 Å². The topological polar surface area (TPSA) is 29.5 Å². The van der Waals surface area contributed by atoms with E-state index in [4.69, 9.17) is 9.84 Å². The predicted octanol–water partition coefficient (Wildman–Crippen LogP) is 2.50. The molecule has 3 heteroatoms. The van der Waals surface area contributed by atoms with Crippen LogP contribution in [0.1, 0.15) is 25.3 Å². The Kier molecular flexibility index (Phi) is 4.40. The molecule has 2 nitrogen and oxygen atoms in total. The number of halogens is 1. The fraction of sp³-hybridized carbons (Fsp3) is 0.455.